The lowest BCUT2D eigenvalue weighted by Gasteiger charge is -2.10. The molecular weight excluding hydrogens is 316 g/mol. The van der Waals surface area contributed by atoms with Gasteiger partial charge in [0.25, 0.3) is 0 Å². The van der Waals surface area contributed by atoms with E-state index < -0.39 is 17.9 Å². The smallest absolute Gasteiger partial charge is 0.247 e. The van der Waals surface area contributed by atoms with Gasteiger partial charge in [0.1, 0.15) is 0 Å². The summed E-state index contributed by atoms with van der Waals surface area (Å²) in [6, 6.07) is 0. The highest BCUT2D eigenvalue weighted by atomic mass is 35.5. The van der Waals surface area contributed by atoms with Gasteiger partial charge in [-0.15, -0.1) is 11.6 Å². The number of hydrogen-bond donors (Lipinski definition) is 0. The Bertz CT molecular complexity index is 307. The molecule has 136 valence electrons. The predicted molar refractivity (Wildman–Crippen MR) is 93.1 cm³/mol. The maximum atomic E-state index is 11.6. The first-order valence-electron chi connectivity index (χ1n) is 9.12. The Kier molecular flexibility index (Phi) is 15.6. The molecule has 0 amide bonds. The van der Waals surface area contributed by atoms with Crippen LogP contribution in [-0.4, -0.2) is 17.8 Å². The number of halogens is 1. The van der Waals surface area contributed by atoms with Gasteiger partial charge in [-0.1, -0.05) is 71.6 Å². The minimum atomic E-state index is -0.553. The van der Waals surface area contributed by atoms with Crippen LogP contribution in [-0.2, 0) is 19.4 Å². The molecular formula is C18H33ClO4. The molecule has 0 saturated heterocycles. The van der Waals surface area contributed by atoms with E-state index in [0.29, 0.717) is 12.8 Å². The van der Waals surface area contributed by atoms with Crippen molar-refractivity contribution in [2.24, 2.45) is 5.92 Å². The summed E-state index contributed by atoms with van der Waals surface area (Å²) in [6.07, 6.45) is 12.4. The second kappa shape index (κ2) is 16.1. The molecule has 0 aromatic carbocycles. The van der Waals surface area contributed by atoms with Crippen LogP contribution in [0.25, 0.3) is 0 Å². The Balaban J connectivity index is 3.51. The van der Waals surface area contributed by atoms with Gasteiger partial charge in [-0.25, -0.2) is 19.4 Å². The lowest BCUT2D eigenvalue weighted by Crippen LogP contribution is -2.21. The molecule has 0 aliphatic carbocycles. The number of carbonyl (C=O) groups is 2. The summed E-state index contributed by atoms with van der Waals surface area (Å²) in [5, 5.41) is 0. The fraction of sp³-hybridized carbons (Fsp3) is 0.889. The topological polar surface area (TPSA) is 52.6 Å². The van der Waals surface area contributed by atoms with Crippen LogP contribution in [0.1, 0.15) is 90.9 Å². The molecule has 23 heavy (non-hydrogen) atoms. The number of unbranched alkanes of at least 4 members (excludes halogenated alkanes) is 8. The fourth-order valence-electron chi connectivity index (χ4n) is 2.38. The van der Waals surface area contributed by atoms with Gasteiger partial charge in [0, 0.05) is 5.88 Å². The molecule has 0 aliphatic heterocycles. The molecule has 0 fully saturated rings. The van der Waals surface area contributed by atoms with E-state index in [1.165, 1.54) is 38.5 Å². The third-order valence-corrected chi connectivity index (χ3v) is 4.23. The van der Waals surface area contributed by atoms with Gasteiger partial charge in [-0.3, -0.25) is 0 Å². The molecule has 0 rings (SSSR count). The molecule has 1 atom stereocenters. The monoisotopic (exact) mass is 348 g/mol. The highest BCUT2D eigenvalue weighted by Gasteiger charge is 2.20. The summed E-state index contributed by atoms with van der Waals surface area (Å²) in [6.45, 7) is 4.18. The van der Waals surface area contributed by atoms with Crippen molar-refractivity contribution in [1.82, 2.24) is 0 Å². The van der Waals surface area contributed by atoms with Gasteiger partial charge in [-0.2, -0.15) is 0 Å². The molecule has 0 radical (unpaired) electrons. The van der Waals surface area contributed by atoms with E-state index in [-0.39, 0.29) is 5.88 Å². The van der Waals surface area contributed by atoms with Gasteiger partial charge in [0.05, 0.1) is 12.3 Å². The molecule has 5 heteroatoms. The van der Waals surface area contributed by atoms with Crippen LogP contribution in [0.4, 0.5) is 0 Å². The SMILES string of the molecule is CCCCCCCCCCCC(=O)OOC(=O)C(CCl)CCC. The first-order valence-corrected chi connectivity index (χ1v) is 9.66. The number of carbonyl (C=O) groups excluding carboxylic acids is 2. The molecule has 0 aromatic heterocycles. The summed E-state index contributed by atoms with van der Waals surface area (Å²) < 4.78 is 0. The zero-order valence-electron chi connectivity index (χ0n) is 14.8. The highest BCUT2D eigenvalue weighted by Crippen LogP contribution is 2.13. The van der Waals surface area contributed by atoms with Crippen molar-refractivity contribution in [3.05, 3.63) is 0 Å². The van der Waals surface area contributed by atoms with E-state index in [9.17, 15) is 9.59 Å². The van der Waals surface area contributed by atoms with Gasteiger partial charge >= 0.3 is 11.9 Å². The largest absolute Gasteiger partial charge is 0.359 e. The molecule has 0 aromatic rings. The van der Waals surface area contributed by atoms with Crippen molar-refractivity contribution in [2.75, 3.05) is 5.88 Å². The fourth-order valence-corrected chi connectivity index (χ4v) is 2.66. The second-order valence-corrected chi connectivity index (χ2v) is 6.38. The van der Waals surface area contributed by atoms with Crippen LogP contribution < -0.4 is 0 Å². The Morgan fingerprint density at radius 3 is 1.91 bits per heavy atom. The van der Waals surface area contributed by atoms with Crippen molar-refractivity contribution in [1.29, 1.82) is 0 Å². The maximum Gasteiger partial charge on any atom is 0.359 e. The van der Waals surface area contributed by atoms with E-state index >= 15 is 0 Å². The van der Waals surface area contributed by atoms with Crippen LogP contribution in [0, 0.1) is 5.92 Å². The maximum absolute atomic E-state index is 11.6. The number of alkyl halides is 1. The first-order chi connectivity index (χ1) is 11.2. The Morgan fingerprint density at radius 2 is 1.39 bits per heavy atom. The summed E-state index contributed by atoms with van der Waals surface area (Å²) >= 11 is 5.69. The molecule has 4 nitrogen and oxygen atoms in total. The minimum absolute atomic E-state index is 0.183. The van der Waals surface area contributed by atoms with Crippen molar-refractivity contribution in [3.63, 3.8) is 0 Å². The van der Waals surface area contributed by atoms with Crippen molar-refractivity contribution >= 4 is 23.5 Å². The molecule has 0 N–H and O–H groups in total. The van der Waals surface area contributed by atoms with Gasteiger partial charge < -0.3 is 0 Å². The van der Waals surface area contributed by atoms with Crippen LogP contribution in [0.15, 0.2) is 0 Å². The molecule has 1 unspecified atom stereocenters. The van der Waals surface area contributed by atoms with E-state index in [4.69, 9.17) is 11.6 Å². The first kappa shape index (κ1) is 22.2. The third-order valence-electron chi connectivity index (χ3n) is 3.86. The molecule has 0 bridgehead atoms. The molecule has 0 spiro atoms. The van der Waals surface area contributed by atoms with Crippen molar-refractivity contribution in [2.45, 2.75) is 90.9 Å². The third kappa shape index (κ3) is 13.4. The normalized spacial score (nSPS) is 12.0. The number of rotatable bonds is 14. The second-order valence-electron chi connectivity index (χ2n) is 6.08. The Labute approximate surface area is 146 Å². The molecule has 0 heterocycles. The standard InChI is InChI=1S/C18H33ClO4/c1-3-5-6-7-8-9-10-11-12-14-17(20)22-23-18(21)16(15-19)13-4-2/h16H,3-15H2,1-2H3. The Morgan fingerprint density at radius 1 is 0.826 bits per heavy atom. The van der Waals surface area contributed by atoms with Crippen molar-refractivity contribution in [3.8, 4) is 0 Å². The summed E-state index contributed by atoms with van der Waals surface area (Å²) in [4.78, 5) is 32.2. The summed E-state index contributed by atoms with van der Waals surface area (Å²) in [7, 11) is 0. The van der Waals surface area contributed by atoms with Crippen LogP contribution in [0.2, 0.25) is 0 Å². The minimum Gasteiger partial charge on any atom is -0.247 e. The van der Waals surface area contributed by atoms with Crippen LogP contribution in [0.5, 0.6) is 0 Å². The predicted octanol–water partition coefficient (Wildman–Crippen LogP) is 5.56. The summed E-state index contributed by atoms with van der Waals surface area (Å²) in [5.41, 5.74) is 0. The molecule has 0 saturated carbocycles. The van der Waals surface area contributed by atoms with Gasteiger partial charge in [-0.05, 0) is 12.8 Å². The average Bonchev–Trinajstić information content (AvgIpc) is 2.56. The highest BCUT2D eigenvalue weighted by molar-refractivity contribution is 6.19. The number of hydrogen-bond acceptors (Lipinski definition) is 4. The van der Waals surface area contributed by atoms with E-state index in [1.54, 1.807) is 0 Å². The summed E-state index contributed by atoms with van der Waals surface area (Å²) in [5.74, 6) is -1.25. The van der Waals surface area contributed by atoms with Crippen molar-refractivity contribution < 1.29 is 19.4 Å². The van der Waals surface area contributed by atoms with Gasteiger partial charge in [0.2, 0.25) is 0 Å². The van der Waals surface area contributed by atoms with Crippen LogP contribution >= 0.6 is 11.6 Å². The van der Waals surface area contributed by atoms with E-state index in [0.717, 1.165) is 25.7 Å². The lowest BCUT2D eigenvalue weighted by atomic mass is 10.1. The zero-order valence-corrected chi connectivity index (χ0v) is 15.5. The molecule has 0 aliphatic rings. The van der Waals surface area contributed by atoms with E-state index in [1.807, 2.05) is 6.92 Å². The Hall–Kier alpha value is -0.770. The van der Waals surface area contributed by atoms with E-state index in [2.05, 4.69) is 16.7 Å². The lowest BCUT2D eigenvalue weighted by molar-refractivity contribution is -0.262. The zero-order chi connectivity index (χ0) is 17.3. The average molecular weight is 349 g/mol. The van der Waals surface area contributed by atoms with Gasteiger partial charge in [0.15, 0.2) is 0 Å². The quantitative estimate of drug-likeness (QED) is 0.178. The van der Waals surface area contributed by atoms with Crippen LogP contribution in [0.3, 0.4) is 0 Å².